The topological polar surface area (TPSA) is 38.3 Å². The van der Waals surface area contributed by atoms with Crippen molar-refractivity contribution in [2.45, 2.75) is 49.9 Å². The van der Waals surface area contributed by atoms with Gasteiger partial charge < -0.3 is 10.1 Å². The summed E-state index contributed by atoms with van der Waals surface area (Å²) in [5.41, 5.74) is 0. The van der Waals surface area contributed by atoms with Crippen LogP contribution in [0.2, 0.25) is 0 Å². The lowest BCUT2D eigenvalue weighted by Gasteiger charge is -2.21. The summed E-state index contributed by atoms with van der Waals surface area (Å²) in [5, 5.41) is 2.44. The minimum absolute atomic E-state index is 0.117. The number of ether oxygens (including phenoxy) is 1. The van der Waals surface area contributed by atoms with Gasteiger partial charge in [0, 0.05) is 0 Å². The van der Waals surface area contributed by atoms with E-state index in [2.05, 4.69) is 5.32 Å². The number of nitrogens with one attached hydrogen (secondary N) is 1. The highest BCUT2D eigenvalue weighted by molar-refractivity contribution is 6.67. The number of carbonyl (C=O) groups is 1. The molecule has 0 aliphatic rings. The predicted octanol–water partition coefficient (Wildman–Crippen LogP) is 5.15. The molecular weight excluding hydrogens is 328 g/mol. The fourth-order valence-corrected chi connectivity index (χ4v) is 1.60. The van der Waals surface area contributed by atoms with Crippen molar-refractivity contribution < 1.29 is 13.9 Å². The first-order chi connectivity index (χ1) is 9.17. The summed E-state index contributed by atoms with van der Waals surface area (Å²) in [6, 6.07) is -0.741. The maximum atomic E-state index is 14.0. The normalized spacial score (nSPS) is 14.3. The third-order valence-electron chi connectivity index (χ3n) is 2.50. The first kappa shape index (κ1) is 19.8. The Balaban J connectivity index is 4.47. The monoisotopic (exact) mass is 347 g/mol. The average molecular weight is 349 g/mol. The average Bonchev–Trinajstić information content (AvgIpc) is 2.32. The van der Waals surface area contributed by atoms with Crippen LogP contribution in [0.3, 0.4) is 0 Å². The van der Waals surface area contributed by atoms with E-state index >= 15 is 0 Å². The number of amides is 1. The fraction of sp³-hybridized carbons (Fsp3) is 0.769. The molecule has 0 aromatic heterocycles. The number of alkyl carbamates (subject to hydrolysis) is 1. The molecule has 1 atom stereocenters. The maximum Gasteiger partial charge on any atom is 0.407 e. The molecule has 0 spiro atoms. The van der Waals surface area contributed by atoms with E-state index in [-0.39, 0.29) is 11.7 Å². The molecule has 3 nitrogen and oxygen atoms in total. The Kier molecular flexibility index (Phi) is 9.60. The van der Waals surface area contributed by atoms with Crippen LogP contribution in [0.25, 0.3) is 0 Å². The molecule has 0 heterocycles. The van der Waals surface area contributed by atoms with Crippen LogP contribution in [-0.2, 0) is 4.74 Å². The van der Waals surface area contributed by atoms with Crippen molar-refractivity contribution >= 4 is 40.9 Å². The summed E-state index contributed by atoms with van der Waals surface area (Å²) in [7, 11) is 0. The first-order valence-electron chi connectivity index (χ1n) is 6.53. The van der Waals surface area contributed by atoms with Crippen molar-refractivity contribution in [1.82, 2.24) is 5.32 Å². The Morgan fingerprint density at radius 3 is 2.45 bits per heavy atom. The third kappa shape index (κ3) is 9.67. The molecule has 0 radical (unpaired) electrons. The molecule has 0 rings (SSSR count). The standard InChI is InChI=1S/C13H21Cl3FNO2/c1-4-5-6-7-10(17)11(9(2)3)18-12(19)20-8-13(14,15)16/h7,9,11H,4-6,8H2,1-3H3,(H,18,19)/b10-7-. The maximum absolute atomic E-state index is 14.0. The largest absolute Gasteiger partial charge is 0.445 e. The molecule has 7 heteroatoms. The van der Waals surface area contributed by atoms with Crippen LogP contribution in [0.1, 0.15) is 40.0 Å². The smallest absolute Gasteiger partial charge is 0.407 e. The van der Waals surface area contributed by atoms with Gasteiger partial charge in [-0.25, -0.2) is 9.18 Å². The first-order valence-corrected chi connectivity index (χ1v) is 7.66. The van der Waals surface area contributed by atoms with E-state index in [1.807, 2.05) is 6.92 Å². The van der Waals surface area contributed by atoms with Gasteiger partial charge in [-0.1, -0.05) is 68.1 Å². The highest BCUT2D eigenvalue weighted by atomic mass is 35.6. The number of alkyl halides is 3. The number of halogens is 4. The zero-order valence-electron chi connectivity index (χ0n) is 11.9. The van der Waals surface area contributed by atoms with E-state index in [0.29, 0.717) is 6.42 Å². The summed E-state index contributed by atoms with van der Waals surface area (Å²) in [6.45, 7) is 5.23. The van der Waals surface area contributed by atoms with Crippen molar-refractivity contribution in [3.8, 4) is 0 Å². The van der Waals surface area contributed by atoms with Gasteiger partial charge in [0.05, 0.1) is 6.04 Å². The van der Waals surface area contributed by atoms with Crippen LogP contribution < -0.4 is 5.32 Å². The molecule has 0 saturated heterocycles. The quantitative estimate of drug-likeness (QED) is 0.510. The van der Waals surface area contributed by atoms with E-state index in [4.69, 9.17) is 39.5 Å². The van der Waals surface area contributed by atoms with Crippen molar-refractivity contribution in [2.24, 2.45) is 5.92 Å². The lowest BCUT2D eigenvalue weighted by Crippen LogP contribution is -2.40. The molecule has 118 valence electrons. The molecule has 20 heavy (non-hydrogen) atoms. The Hall–Kier alpha value is -0.190. The number of carbonyl (C=O) groups excluding carboxylic acids is 1. The van der Waals surface area contributed by atoms with Crippen LogP contribution in [0.5, 0.6) is 0 Å². The van der Waals surface area contributed by atoms with Crippen LogP contribution in [0.15, 0.2) is 11.9 Å². The lowest BCUT2D eigenvalue weighted by molar-refractivity contribution is 0.141. The van der Waals surface area contributed by atoms with E-state index in [9.17, 15) is 9.18 Å². The van der Waals surface area contributed by atoms with Crippen LogP contribution in [-0.4, -0.2) is 22.5 Å². The third-order valence-corrected chi connectivity index (χ3v) is 2.83. The SMILES string of the molecule is CCCC/C=C(\F)C(NC(=O)OCC(Cl)(Cl)Cl)C(C)C. The molecule has 0 saturated carbocycles. The van der Waals surface area contributed by atoms with Gasteiger partial charge in [0.2, 0.25) is 3.79 Å². The highest BCUT2D eigenvalue weighted by Gasteiger charge is 2.25. The predicted molar refractivity (Wildman–Crippen MR) is 82.1 cm³/mol. The van der Waals surface area contributed by atoms with Gasteiger partial charge in [-0.15, -0.1) is 0 Å². The molecule has 0 aromatic rings. The minimum Gasteiger partial charge on any atom is -0.445 e. The van der Waals surface area contributed by atoms with Gasteiger partial charge in [-0.2, -0.15) is 0 Å². The van der Waals surface area contributed by atoms with Gasteiger partial charge in [-0.3, -0.25) is 0 Å². The van der Waals surface area contributed by atoms with E-state index in [1.54, 1.807) is 13.8 Å². The number of unbranched alkanes of at least 4 members (excludes halogenated alkanes) is 2. The van der Waals surface area contributed by atoms with E-state index in [1.165, 1.54) is 6.08 Å². The summed E-state index contributed by atoms with van der Waals surface area (Å²) >= 11 is 16.4. The molecule has 0 fully saturated rings. The number of hydrogen-bond donors (Lipinski definition) is 1. The van der Waals surface area contributed by atoms with Gasteiger partial charge in [0.1, 0.15) is 12.4 Å². The second kappa shape index (κ2) is 9.69. The van der Waals surface area contributed by atoms with Crippen molar-refractivity contribution in [1.29, 1.82) is 0 Å². The molecule has 1 N–H and O–H groups in total. The Labute approximate surface area is 134 Å². The number of hydrogen-bond acceptors (Lipinski definition) is 2. The molecule has 0 aliphatic heterocycles. The van der Waals surface area contributed by atoms with E-state index in [0.717, 1.165) is 12.8 Å². The zero-order valence-corrected chi connectivity index (χ0v) is 14.2. The minimum atomic E-state index is -1.68. The molecule has 0 bridgehead atoms. The van der Waals surface area contributed by atoms with Crippen molar-refractivity contribution in [3.63, 3.8) is 0 Å². The van der Waals surface area contributed by atoms with Crippen LogP contribution in [0.4, 0.5) is 9.18 Å². The molecule has 1 unspecified atom stereocenters. The van der Waals surface area contributed by atoms with Gasteiger partial charge in [0.15, 0.2) is 0 Å². The second-order valence-corrected chi connectivity index (χ2v) is 7.30. The van der Waals surface area contributed by atoms with Crippen molar-refractivity contribution in [3.05, 3.63) is 11.9 Å². The highest BCUT2D eigenvalue weighted by Crippen LogP contribution is 2.26. The summed E-state index contributed by atoms with van der Waals surface area (Å²) < 4.78 is 17.0. The fourth-order valence-electron chi connectivity index (χ4n) is 1.44. The second-order valence-electron chi connectivity index (χ2n) is 4.79. The molecule has 0 aromatic carbocycles. The summed E-state index contributed by atoms with van der Waals surface area (Å²) in [5.74, 6) is -0.493. The Morgan fingerprint density at radius 2 is 2.00 bits per heavy atom. The zero-order chi connectivity index (χ0) is 15.8. The molecule has 1 amide bonds. The van der Waals surface area contributed by atoms with Crippen LogP contribution >= 0.6 is 34.8 Å². The lowest BCUT2D eigenvalue weighted by atomic mass is 10.0. The van der Waals surface area contributed by atoms with Gasteiger partial charge in [0.25, 0.3) is 0 Å². The van der Waals surface area contributed by atoms with Crippen LogP contribution in [0, 0.1) is 5.92 Å². The van der Waals surface area contributed by atoms with Gasteiger partial charge >= 0.3 is 6.09 Å². The Morgan fingerprint density at radius 1 is 1.40 bits per heavy atom. The summed E-state index contributed by atoms with van der Waals surface area (Å²) in [4.78, 5) is 11.5. The summed E-state index contributed by atoms with van der Waals surface area (Å²) in [6.07, 6.45) is 3.19. The van der Waals surface area contributed by atoms with Crippen molar-refractivity contribution in [2.75, 3.05) is 6.61 Å². The van der Waals surface area contributed by atoms with E-state index < -0.39 is 22.5 Å². The number of allylic oxidation sites excluding steroid dienone is 1. The number of rotatable bonds is 7. The molecular formula is C13H21Cl3FNO2. The van der Waals surface area contributed by atoms with Gasteiger partial charge in [-0.05, 0) is 18.8 Å². The molecule has 0 aliphatic carbocycles. The Bertz CT molecular complexity index is 330.